The van der Waals surface area contributed by atoms with E-state index < -0.39 is 11.4 Å². The third-order valence-corrected chi connectivity index (χ3v) is 4.48. The molecule has 0 saturated carbocycles. The maximum absolute atomic E-state index is 12.9. The van der Waals surface area contributed by atoms with Gasteiger partial charge in [0.1, 0.15) is 11.3 Å². The van der Waals surface area contributed by atoms with Gasteiger partial charge in [0, 0.05) is 18.4 Å². The van der Waals surface area contributed by atoms with E-state index in [1.165, 1.54) is 13.0 Å². The number of amides is 1. The summed E-state index contributed by atoms with van der Waals surface area (Å²) in [6.45, 7) is 5.03. The number of anilines is 1. The number of hydrogen-bond acceptors (Lipinski definition) is 6. The number of rotatable bonds is 2. The first kappa shape index (κ1) is 17.7. The predicted molar refractivity (Wildman–Crippen MR) is 104 cm³/mol. The summed E-state index contributed by atoms with van der Waals surface area (Å²) in [5.41, 5.74) is 1.95. The summed E-state index contributed by atoms with van der Waals surface area (Å²) in [5.74, 6) is -0.955. The summed E-state index contributed by atoms with van der Waals surface area (Å²) >= 11 is 0. The summed E-state index contributed by atoms with van der Waals surface area (Å²) in [7, 11) is 0. The molecule has 0 radical (unpaired) electrons. The van der Waals surface area contributed by atoms with Crippen molar-refractivity contribution >= 4 is 34.2 Å². The number of carbonyl (C=O) groups excluding carboxylic acids is 2. The van der Waals surface area contributed by atoms with Gasteiger partial charge in [0.15, 0.2) is 5.58 Å². The van der Waals surface area contributed by atoms with Crippen molar-refractivity contribution in [3.05, 3.63) is 69.6 Å². The monoisotopic (exact) mass is 376 g/mol. The van der Waals surface area contributed by atoms with Crippen LogP contribution in [0.25, 0.3) is 11.0 Å². The molecular formula is C21H16N2O5. The zero-order valence-corrected chi connectivity index (χ0v) is 15.5. The molecule has 1 aliphatic rings. The lowest BCUT2D eigenvalue weighted by Crippen LogP contribution is -2.27. The molecule has 7 heteroatoms. The molecule has 0 saturated heterocycles. The smallest absolute Gasteiger partial charge is 0.336 e. The van der Waals surface area contributed by atoms with Crippen LogP contribution in [0.5, 0.6) is 5.75 Å². The molecule has 1 amide bonds. The topological polar surface area (TPSA) is 89.2 Å². The first-order valence-corrected chi connectivity index (χ1v) is 8.61. The maximum atomic E-state index is 12.9. The molecule has 7 nitrogen and oxygen atoms in total. The van der Waals surface area contributed by atoms with Crippen molar-refractivity contribution in [3.63, 3.8) is 0 Å². The molecule has 4 rings (SSSR count). The van der Waals surface area contributed by atoms with Gasteiger partial charge >= 0.3 is 5.63 Å². The highest BCUT2D eigenvalue weighted by molar-refractivity contribution is 6.48. The van der Waals surface area contributed by atoms with Crippen molar-refractivity contribution in [2.24, 2.45) is 5.10 Å². The Kier molecular flexibility index (Phi) is 4.07. The van der Waals surface area contributed by atoms with Crippen molar-refractivity contribution in [2.45, 2.75) is 20.8 Å². The molecule has 0 spiro atoms. The Bertz CT molecular complexity index is 1220. The molecular weight excluding hydrogens is 360 g/mol. The average Bonchev–Trinajstić information content (AvgIpc) is 2.96. The van der Waals surface area contributed by atoms with Gasteiger partial charge in [-0.2, -0.15) is 5.01 Å². The first-order chi connectivity index (χ1) is 13.3. The Morgan fingerprint density at radius 1 is 1.04 bits per heavy atom. The number of nitrogens with zero attached hydrogens (tertiary/aromatic N) is 2. The minimum absolute atomic E-state index is 0.129. The molecule has 0 N–H and O–H groups in total. The average molecular weight is 376 g/mol. The highest BCUT2D eigenvalue weighted by atomic mass is 16.5. The lowest BCUT2D eigenvalue weighted by atomic mass is 10.0. The van der Waals surface area contributed by atoms with Crippen LogP contribution in [0.15, 0.2) is 56.8 Å². The highest BCUT2D eigenvalue weighted by Gasteiger charge is 2.34. The standard InChI is InChI=1S/C21H16N2O5/c1-11-4-6-14(7-5-11)23(13(3)24)22-21-19(26)18-16(27-21)9-8-15-12(2)10-17(25)28-20(15)18/h4-10H,1-3H3. The second kappa shape index (κ2) is 6.45. The lowest BCUT2D eigenvalue weighted by molar-refractivity contribution is -0.116. The molecule has 2 aromatic carbocycles. The van der Waals surface area contributed by atoms with E-state index in [0.717, 1.165) is 10.6 Å². The molecule has 0 bridgehead atoms. The summed E-state index contributed by atoms with van der Waals surface area (Å²) in [5, 5.41) is 5.87. The Labute approximate surface area is 159 Å². The summed E-state index contributed by atoms with van der Waals surface area (Å²) in [4.78, 5) is 36.8. The van der Waals surface area contributed by atoms with E-state index in [2.05, 4.69) is 5.10 Å². The zero-order chi connectivity index (χ0) is 20.0. The second-order valence-corrected chi connectivity index (χ2v) is 6.57. The number of hydrazone groups is 1. The molecule has 0 atom stereocenters. The van der Waals surface area contributed by atoms with E-state index in [1.807, 2.05) is 19.1 Å². The van der Waals surface area contributed by atoms with Gasteiger partial charge in [-0.25, -0.2) is 4.79 Å². The third-order valence-electron chi connectivity index (χ3n) is 4.48. The number of ketones is 1. The summed E-state index contributed by atoms with van der Waals surface area (Å²) < 4.78 is 10.8. The van der Waals surface area contributed by atoms with Gasteiger partial charge in [-0.05, 0) is 43.7 Å². The maximum Gasteiger partial charge on any atom is 0.336 e. The Hall–Kier alpha value is -3.74. The van der Waals surface area contributed by atoms with Crippen LogP contribution in [0, 0.1) is 13.8 Å². The third kappa shape index (κ3) is 2.87. The van der Waals surface area contributed by atoms with Crippen molar-refractivity contribution in [3.8, 4) is 5.75 Å². The van der Waals surface area contributed by atoms with Crippen LogP contribution >= 0.6 is 0 Å². The SMILES string of the molecule is CC(=O)N(N=C1Oc2ccc3c(C)cc(=O)oc3c2C1=O)c1ccc(C)cc1. The Balaban J connectivity index is 1.82. The van der Waals surface area contributed by atoms with Crippen LogP contribution in [-0.2, 0) is 4.79 Å². The Morgan fingerprint density at radius 2 is 1.75 bits per heavy atom. The van der Waals surface area contributed by atoms with Crippen molar-refractivity contribution in [2.75, 3.05) is 5.01 Å². The molecule has 28 heavy (non-hydrogen) atoms. The molecule has 0 aliphatic carbocycles. The van der Waals surface area contributed by atoms with Gasteiger partial charge < -0.3 is 9.15 Å². The predicted octanol–water partition coefficient (Wildman–Crippen LogP) is 3.35. The fourth-order valence-electron chi connectivity index (χ4n) is 3.08. The van der Waals surface area contributed by atoms with Gasteiger partial charge in [0.05, 0.1) is 5.69 Å². The minimum atomic E-state index is -0.554. The van der Waals surface area contributed by atoms with Crippen LogP contribution in [0.2, 0.25) is 0 Å². The molecule has 140 valence electrons. The number of carbonyl (C=O) groups is 2. The van der Waals surface area contributed by atoms with E-state index >= 15 is 0 Å². The van der Waals surface area contributed by atoms with E-state index in [4.69, 9.17) is 9.15 Å². The molecule has 0 unspecified atom stereocenters. The number of ether oxygens (including phenoxy) is 1. The minimum Gasteiger partial charge on any atom is -0.434 e. The number of Topliss-reactive ketones (excluding diaryl/α,β-unsaturated/α-hetero) is 1. The zero-order valence-electron chi connectivity index (χ0n) is 15.5. The van der Waals surface area contributed by atoms with E-state index in [0.29, 0.717) is 16.6 Å². The van der Waals surface area contributed by atoms with E-state index in [1.54, 1.807) is 31.2 Å². The van der Waals surface area contributed by atoms with Gasteiger partial charge in [0.25, 0.3) is 11.7 Å². The Morgan fingerprint density at radius 3 is 2.43 bits per heavy atom. The quantitative estimate of drug-likeness (QED) is 0.505. The van der Waals surface area contributed by atoms with Gasteiger partial charge in [0.2, 0.25) is 5.91 Å². The highest BCUT2D eigenvalue weighted by Crippen LogP contribution is 2.34. The normalized spacial score (nSPS) is 14.2. The van der Waals surface area contributed by atoms with Gasteiger partial charge in [-0.3, -0.25) is 9.59 Å². The van der Waals surface area contributed by atoms with Crippen LogP contribution < -0.4 is 15.4 Å². The van der Waals surface area contributed by atoms with Crippen LogP contribution in [0.4, 0.5) is 5.69 Å². The van der Waals surface area contributed by atoms with Crippen LogP contribution in [-0.4, -0.2) is 17.6 Å². The number of benzene rings is 2. The molecule has 3 aromatic rings. The van der Waals surface area contributed by atoms with Crippen LogP contribution in [0.3, 0.4) is 0 Å². The van der Waals surface area contributed by atoms with Crippen LogP contribution in [0.1, 0.15) is 28.4 Å². The molecule has 1 aliphatic heterocycles. The summed E-state index contributed by atoms with van der Waals surface area (Å²) in [6.07, 6.45) is 0. The fraction of sp³-hybridized carbons (Fsp3) is 0.143. The molecule has 0 fully saturated rings. The summed E-state index contributed by atoms with van der Waals surface area (Å²) in [6, 6.07) is 11.8. The number of hydrogen-bond donors (Lipinski definition) is 0. The van der Waals surface area contributed by atoms with Crippen molar-refractivity contribution in [1.29, 1.82) is 0 Å². The molecule has 1 aromatic heterocycles. The number of aryl methyl sites for hydroxylation is 2. The lowest BCUT2D eigenvalue weighted by Gasteiger charge is -2.15. The van der Waals surface area contributed by atoms with E-state index in [9.17, 15) is 14.4 Å². The number of fused-ring (bicyclic) bond motifs is 3. The van der Waals surface area contributed by atoms with Gasteiger partial charge in [-0.1, -0.05) is 17.7 Å². The van der Waals surface area contributed by atoms with Crippen molar-refractivity contribution in [1.82, 2.24) is 0 Å². The van der Waals surface area contributed by atoms with Gasteiger partial charge in [-0.15, -0.1) is 5.10 Å². The van der Waals surface area contributed by atoms with Crippen molar-refractivity contribution < 1.29 is 18.7 Å². The molecule has 2 heterocycles. The fourth-order valence-corrected chi connectivity index (χ4v) is 3.08. The largest absolute Gasteiger partial charge is 0.434 e. The first-order valence-electron chi connectivity index (χ1n) is 8.61. The van der Waals surface area contributed by atoms with E-state index in [-0.39, 0.29) is 28.7 Å². The second-order valence-electron chi connectivity index (χ2n) is 6.57.